The summed E-state index contributed by atoms with van der Waals surface area (Å²) in [6.45, 7) is 11.0. The molecule has 1 atom stereocenters. The number of carbonyl (C=O) groups is 2. The van der Waals surface area contributed by atoms with E-state index in [2.05, 4.69) is 20.3 Å². The van der Waals surface area contributed by atoms with Gasteiger partial charge in [0.15, 0.2) is 0 Å². The lowest BCUT2D eigenvalue weighted by atomic mass is 10.1. The number of nitrogens with one attached hydrogen (secondary N) is 3. The molecule has 11 nitrogen and oxygen atoms in total. The Morgan fingerprint density at radius 3 is 1.98 bits per heavy atom. The molecule has 2 heterocycles. The van der Waals surface area contributed by atoms with Crippen LogP contribution in [-0.2, 0) is 16.0 Å². The van der Waals surface area contributed by atoms with Crippen LogP contribution in [0.1, 0.15) is 58.4 Å². The number of alkyl carbamates (subject to hydrolysis) is 1. The molecular formula is C35H38N4O7. The predicted molar refractivity (Wildman–Crippen MR) is 174 cm³/mol. The molecule has 0 aliphatic carbocycles. The number of amides is 1. The molecule has 0 saturated heterocycles. The molecule has 0 aliphatic rings. The van der Waals surface area contributed by atoms with Crippen molar-refractivity contribution in [2.45, 2.75) is 65.2 Å². The molecule has 2 aromatic carbocycles. The van der Waals surface area contributed by atoms with Crippen LogP contribution < -0.4 is 36.6 Å². The Labute approximate surface area is 266 Å². The Balaban J connectivity index is 1.51. The van der Waals surface area contributed by atoms with Crippen molar-refractivity contribution in [3.63, 3.8) is 0 Å². The number of pyridine rings is 1. The summed E-state index contributed by atoms with van der Waals surface area (Å²) in [5, 5.41) is 2.73. The van der Waals surface area contributed by atoms with Gasteiger partial charge in [-0.2, -0.15) is 0 Å². The normalized spacial score (nSPS) is 13.2. The Morgan fingerprint density at radius 2 is 1.41 bits per heavy atom. The first-order valence-electron chi connectivity index (χ1n) is 14.7. The fourth-order valence-electron chi connectivity index (χ4n) is 4.21. The van der Waals surface area contributed by atoms with Crippen LogP contribution in [0.5, 0.6) is 11.5 Å². The van der Waals surface area contributed by atoms with E-state index in [-0.39, 0.29) is 28.5 Å². The van der Waals surface area contributed by atoms with Gasteiger partial charge in [0.1, 0.15) is 39.4 Å². The van der Waals surface area contributed by atoms with Gasteiger partial charge in [0.2, 0.25) is 0 Å². The molecule has 46 heavy (non-hydrogen) atoms. The second-order valence-corrected chi connectivity index (χ2v) is 12.5. The SMILES string of the molecule is CC(C)(C)OC(=O)NC(Cc1ccc(OC(C)(C)C)cc1)C(=O)Oc1ccc(/C=c2\[nH]c(=O)/c(=C/c3ccccc3)[nH]c2=O)nc1. The van der Waals surface area contributed by atoms with Crippen LogP contribution in [0.2, 0.25) is 0 Å². The standard InChI is InChI=1S/C35H38N4O7/c1-34(2,3)45-25-15-12-23(13-16-25)19-29(39-33(43)46-35(4,5)6)32(42)44-26-17-14-24(36-21-26)20-28-31(41)37-27(30(40)38-28)18-22-10-8-7-9-11-22/h7-18,20-21,29H,19H2,1-6H3,(H,37,41)(H,38,40)(H,39,43)/b27-18-,28-20-. The number of hydrogen-bond donors (Lipinski definition) is 3. The molecule has 240 valence electrons. The van der Waals surface area contributed by atoms with Crippen molar-refractivity contribution in [3.8, 4) is 11.5 Å². The predicted octanol–water partition coefficient (Wildman–Crippen LogP) is 3.33. The number of carbonyl (C=O) groups excluding carboxylic acids is 2. The van der Waals surface area contributed by atoms with Crippen LogP contribution in [0.15, 0.2) is 82.5 Å². The van der Waals surface area contributed by atoms with Gasteiger partial charge in [0.25, 0.3) is 11.1 Å². The van der Waals surface area contributed by atoms with Gasteiger partial charge in [-0.15, -0.1) is 0 Å². The molecule has 0 saturated carbocycles. The molecule has 4 aromatic rings. The third-order valence-electron chi connectivity index (χ3n) is 6.13. The number of aromatic nitrogens is 3. The van der Waals surface area contributed by atoms with Gasteiger partial charge in [-0.3, -0.25) is 14.6 Å². The molecule has 0 radical (unpaired) electrons. The topological polar surface area (TPSA) is 152 Å². The zero-order valence-corrected chi connectivity index (χ0v) is 26.7. The van der Waals surface area contributed by atoms with Crippen LogP contribution >= 0.6 is 0 Å². The maximum absolute atomic E-state index is 13.3. The van der Waals surface area contributed by atoms with Crippen molar-refractivity contribution in [2.24, 2.45) is 0 Å². The van der Waals surface area contributed by atoms with E-state index in [0.29, 0.717) is 11.4 Å². The number of esters is 1. The zero-order valence-electron chi connectivity index (χ0n) is 26.7. The van der Waals surface area contributed by atoms with Crippen molar-refractivity contribution in [1.29, 1.82) is 0 Å². The minimum Gasteiger partial charge on any atom is -0.488 e. The highest BCUT2D eigenvalue weighted by molar-refractivity contribution is 5.83. The minimum atomic E-state index is -1.08. The highest BCUT2D eigenvalue weighted by atomic mass is 16.6. The summed E-state index contributed by atoms with van der Waals surface area (Å²) >= 11 is 0. The summed E-state index contributed by atoms with van der Waals surface area (Å²) in [5.41, 5.74) is -0.261. The third-order valence-corrected chi connectivity index (χ3v) is 6.13. The highest BCUT2D eigenvalue weighted by Crippen LogP contribution is 2.20. The molecule has 0 aliphatic heterocycles. The second kappa shape index (κ2) is 14.1. The summed E-state index contributed by atoms with van der Waals surface area (Å²) < 4.78 is 16.8. The van der Waals surface area contributed by atoms with Gasteiger partial charge < -0.3 is 29.5 Å². The smallest absolute Gasteiger partial charge is 0.408 e. The molecule has 0 bridgehead atoms. The quantitative estimate of drug-likeness (QED) is 0.252. The summed E-state index contributed by atoms with van der Waals surface area (Å²) in [6.07, 6.45) is 3.64. The average Bonchev–Trinajstić information content (AvgIpc) is 2.96. The number of hydrogen-bond acceptors (Lipinski definition) is 8. The Kier molecular flexibility index (Phi) is 10.3. The monoisotopic (exact) mass is 626 g/mol. The molecule has 11 heteroatoms. The first-order chi connectivity index (χ1) is 21.6. The third kappa shape index (κ3) is 10.3. The molecule has 0 spiro atoms. The molecule has 2 aromatic heterocycles. The summed E-state index contributed by atoms with van der Waals surface area (Å²) in [6, 6.07) is 18.3. The van der Waals surface area contributed by atoms with E-state index in [4.69, 9.17) is 14.2 Å². The van der Waals surface area contributed by atoms with Gasteiger partial charge in [-0.25, -0.2) is 9.59 Å². The number of benzene rings is 2. The van der Waals surface area contributed by atoms with Crippen LogP contribution in [0.3, 0.4) is 0 Å². The van der Waals surface area contributed by atoms with E-state index < -0.39 is 34.8 Å². The average molecular weight is 627 g/mol. The second-order valence-electron chi connectivity index (χ2n) is 12.5. The van der Waals surface area contributed by atoms with E-state index in [1.165, 1.54) is 24.4 Å². The Bertz CT molecular complexity index is 1900. The largest absolute Gasteiger partial charge is 0.488 e. The van der Waals surface area contributed by atoms with Gasteiger partial charge in [0, 0.05) is 6.42 Å². The van der Waals surface area contributed by atoms with E-state index in [0.717, 1.165) is 11.1 Å². The maximum Gasteiger partial charge on any atom is 0.408 e. The van der Waals surface area contributed by atoms with Crippen LogP contribution in [-0.4, -0.2) is 44.3 Å². The fourth-order valence-corrected chi connectivity index (χ4v) is 4.21. The molecule has 1 unspecified atom stereocenters. The van der Waals surface area contributed by atoms with E-state index in [1.807, 2.05) is 63.2 Å². The van der Waals surface area contributed by atoms with E-state index in [1.54, 1.807) is 39.0 Å². The summed E-state index contributed by atoms with van der Waals surface area (Å²) in [4.78, 5) is 60.5. The number of ether oxygens (including phenoxy) is 3. The molecule has 3 N–H and O–H groups in total. The van der Waals surface area contributed by atoms with Crippen molar-refractivity contribution < 1.29 is 23.8 Å². The minimum absolute atomic E-state index is 0.00741. The molecular weight excluding hydrogens is 588 g/mol. The lowest BCUT2D eigenvalue weighted by molar-refractivity contribution is -0.136. The first-order valence-corrected chi connectivity index (χ1v) is 14.7. The van der Waals surface area contributed by atoms with E-state index >= 15 is 0 Å². The molecule has 4 rings (SSSR count). The number of nitrogens with zero attached hydrogens (tertiary/aromatic N) is 1. The Hall–Kier alpha value is -5.45. The molecule has 0 fully saturated rings. The first kappa shape index (κ1) is 33.4. The Morgan fingerprint density at radius 1 is 0.804 bits per heavy atom. The number of aromatic amines is 2. The summed E-state index contributed by atoms with van der Waals surface area (Å²) in [5.74, 6) is 0.0543. The number of rotatable bonds is 8. The fraction of sp³-hybridized carbons (Fsp3) is 0.286. The van der Waals surface area contributed by atoms with Gasteiger partial charge in [-0.05, 0) is 89.1 Å². The lowest BCUT2D eigenvalue weighted by Gasteiger charge is -2.23. The highest BCUT2D eigenvalue weighted by Gasteiger charge is 2.27. The maximum atomic E-state index is 13.3. The van der Waals surface area contributed by atoms with Crippen molar-refractivity contribution in [2.75, 3.05) is 0 Å². The molecule has 1 amide bonds. The van der Waals surface area contributed by atoms with Crippen molar-refractivity contribution in [1.82, 2.24) is 20.3 Å². The van der Waals surface area contributed by atoms with Crippen LogP contribution in [0.4, 0.5) is 4.79 Å². The van der Waals surface area contributed by atoms with Gasteiger partial charge in [0.05, 0.1) is 11.9 Å². The van der Waals surface area contributed by atoms with Crippen LogP contribution in [0.25, 0.3) is 12.2 Å². The van der Waals surface area contributed by atoms with Gasteiger partial charge >= 0.3 is 12.1 Å². The van der Waals surface area contributed by atoms with Crippen molar-refractivity contribution in [3.05, 3.63) is 121 Å². The van der Waals surface area contributed by atoms with Gasteiger partial charge in [-0.1, -0.05) is 42.5 Å². The zero-order chi connectivity index (χ0) is 33.5. The van der Waals surface area contributed by atoms with Crippen LogP contribution in [0, 0.1) is 0 Å². The lowest BCUT2D eigenvalue weighted by Crippen LogP contribution is -2.46. The number of H-pyrrole nitrogens is 2. The van der Waals surface area contributed by atoms with Crippen molar-refractivity contribution >= 4 is 24.2 Å². The van der Waals surface area contributed by atoms with E-state index in [9.17, 15) is 19.2 Å². The summed E-state index contributed by atoms with van der Waals surface area (Å²) in [7, 11) is 0.